The first-order chi connectivity index (χ1) is 6.35. The molecule has 0 amide bonds. The molecule has 0 aliphatic heterocycles. The number of hydrogen-bond donors (Lipinski definition) is 0. The molecule has 0 radical (unpaired) electrons. The number of pyridine rings is 1. The van der Waals surface area contributed by atoms with Crippen LogP contribution < -0.4 is 0 Å². The summed E-state index contributed by atoms with van der Waals surface area (Å²) in [6, 6.07) is 7.48. The maximum absolute atomic E-state index is 8.79. The van der Waals surface area contributed by atoms with Gasteiger partial charge in [0.05, 0.1) is 11.6 Å². The number of nitrogens with zero attached hydrogens (tertiary/aromatic N) is 3. The van der Waals surface area contributed by atoms with E-state index in [2.05, 4.69) is 11.1 Å². The summed E-state index contributed by atoms with van der Waals surface area (Å²) in [5, 5.41) is 8.79. The molecule has 0 atom stereocenters. The van der Waals surface area contributed by atoms with Crippen molar-refractivity contribution in [3.8, 4) is 6.07 Å². The van der Waals surface area contributed by atoms with Crippen LogP contribution in [0.1, 0.15) is 11.4 Å². The van der Waals surface area contributed by atoms with Crippen LogP contribution in [0.25, 0.3) is 5.65 Å². The number of halogens is 1. The summed E-state index contributed by atoms with van der Waals surface area (Å²) < 4.78 is 1.73. The molecular weight excluding hydrogens is 186 g/mol. The molecule has 0 aliphatic rings. The van der Waals surface area contributed by atoms with Crippen molar-refractivity contribution in [3.05, 3.63) is 35.8 Å². The number of rotatable bonds is 1. The van der Waals surface area contributed by atoms with Gasteiger partial charge < -0.3 is 0 Å². The largest absolute Gasteiger partial charge is 0.291 e. The highest BCUT2D eigenvalue weighted by molar-refractivity contribution is 6.16. The van der Waals surface area contributed by atoms with E-state index < -0.39 is 0 Å². The van der Waals surface area contributed by atoms with Crippen LogP contribution >= 0.6 is 11.6 Å². The number of alkyl halides is 1. The molecule has 0 N–H and O–H groups in total. The molecule has 13 heavy (non-hydrogen) atoms. The molecule has 2 aromatic rings. The quantitative estimate of drug-likeness (QED) is 0.647. The van der Waals surface area contributed by atoms with Gasteiger partial charge in [0.25, 0.3) is 0 Å². The minimum Gasteiger partial charge on any atom is -0.291 e. The second-order valence-electron chi connectivity index (χ2n) is 2.62. The second-order valence-corrected chi connectivity index (χ2v) is 2.88. The predicted octanol–water partition coefficient (Wildman–Crippen LogP) is 1.94. The Balaban J connectivity index is 2.76. The molecule has 4 heteroatoms. The molecule has 0 fully saturated rings. The van der Waals surface area contributed by atoms with Crippen LogP contribution in [0.3, 0.4) is 0 Å². The lowest BCUT2D eigenvalue weighted by Crippen LogP contribution is -1.88. The summed E-state index contributed by atoms with van der Waals surface area (Å²) in [5.74, 6) is 0.368. The van der Waals surface area contributed by atoms with Crippen LogP contribution in [0.4, 0.5) is 0 Å². The Bertz CT molecular complexity index is 481. The van der Waals surface area contributed by atoms with Crippen LogP contribution in [0, 0.1) is 11.3 Å². The van der Waals surface area contributed by atoms with Crippen LogP contribution in [0.2, 0.25) is 0 Å². The van der Waals surface area contributed by atoms with Crippen molar-refractivity contribution in [1.29, 1.82) is 5.26 Å². The normalized spacial score (nSPS) is 10.2. The summed E-state index contributed by atoms with van der Waals surface area (Å²) in [6.07, 6.45) is 1.78. The van der Waals surface area contributed by atoms with E-state index >= 15 is 0 Å². The number of hydrogen-bond acceptors (Lipinski definition) is 2. The topological polar surface area (TPSA) is 41.1 Å². The molecule has 3 nitrogen and oxygen atoms in total. The van der Waals surface area contributed by atoms with Crippen molar-refractivity contribution in [2.75, 3.05) is 0 Å². The third kappa shape index (κ3) is 1.25. The first-order valence-electron chi connectivity index (χ1n) is 3.78. The number of imidazole rings is 1. The van der Waals surface area contributed by atoms with Gasteiger partial charge in [0.15, 0.2) is 0 Å². The summed E-state index contributed by atoms with van der Waals surface area (Å²) in [6.45, 7) is 0. The Kier molecular flexibility index (Phi) is 1.91. The first kappa shape index (κ1) is 8.09. The fourth-order valence-electron chi connectivity index (χ4n) is 1.22. The molecule has 64 valence electrons. The standard InChI is InChI=1S/C9H6ClN3/c10-4-7-6-13-8(5-11)2-1-3-9(13)12-7/h1-3,6H,4H2. The zero-order valence-electron chi connectivity index (χ0n) is 6.74. The maximum Gasteiger partial charge on any atom is 0.138 e. The lowest BCUT2D eigenvalue weighted by molar-refractivity contribution is 1.14. The highest BCUT2D eigenvalue weighted by Gasteiger charge is 2.02. The van der Waals surface area contributed by atoms with Crippen LogP contribution in [0.15, 0.2) is 24.4 Å². The van der Waals surface area contributed by atoms with Crippen molar-refractivity contribution < 1.29 is 0 Å². The predicted molar refractivity (Wildman–Crippen MR) is 49.5 cm³/mol. The lowest BCUT2D eigenvalue weighted by Gasteiger charge is -1.93. The molecule has 2 rings (SSSR count). The van der Waals surface area contributed by atoms with Gasteiger partial charge in [0.2, 0.25) is 0 Å². The molecule has 0 unspecified atom stereocenters. The zero-order chi connectivity index (χ0) is 9.26. The van der Waals surface area contributed by atoms with Crippen molar-refractivity contribution in [1.82, 2.24) is 9.38 Å². The lowest BCUT2D eigenvalue weighted by atomic mass is 10.4. The van der Waals surface area contributed by atoms with Crippen molar-refractivity contribution in [2.45, 2.75) is 5.88 Å². The average molecular weight is 192 g/mol. The third-order valence-electron chi connectivity index (χ3n) is 1.79. The van der Waals surface area contributed by atoms with Crippen molar-refractivity contribution in [3.63, 3.8) is 0 Å². The molecule has 0 saturated heterocycles. The van der Waals surface area contributed by atoms with Gasteiger partial charge in [-0.1, -0.05) is 6.07 Å². The van der Waals surface area contributed by atoms with Gasteiger partial charge in [-0.3, -0.25) is 4.40 Å². The average Bonchev–Trinajstić information content (AvgIpc) is 2.59. The van der Waals surface area contributed by atoms with Gasteiger partial charge >= 0.3 is 0 Å². The Morgan fingerprint density at radius 2 is 2.38 bits per heavy atom. The Morgan fingerprint density at radius 3 is 3.08 bits per heavy atom. The van der Waals surface area contributed by atoms with E-state index in [0.717, 1.165) is 11.3 Å². The van der Waals surface area contributed by atoms with Gasteiger partial charge in [-0.15, -0.1) is 11.6 Å². The van der Waals surface area contributed by atoms with Gasteiger partial charge in [-0.2, -0.15) is 5.26 Å². The van der Waals surface area contributed by atoms with E-state index in [0.29, 0.717) is 11.6 Å². The van der Waals surface area contributed by atoms with E-state index in [1.165, 1.54) is 0 Å². The van der Waals surface area contributed by atoms with Gasteiger partial charge in [-0.25, -0.2) is 4.98 Å². The third-order valence-corrected chi connectivity index (χ3v) is 2.07. The minimum atomic E-state index is 0.368. The van der Waals surface area contributed by atoms with Crippen molar-refractivity contribution in [2.24, 2.45) is 0 Å². The van der Waals surface area contributed by atoms with E-state index in [1.54, 1.807) is 22.7 Å². The number of fused-ring (bicyclic) bond motifs is 1. The molecule has 2 aromatic heterocycles. The second kappa shape index (κ2) is 3.08. The van der Waals surface area contributed by atoms with E-state index in [-0.39, 0.29) is 0 Å². The minimum absolute atomic E-state index is 0.368. The van der Waals surface area contributed by atoms with Crippen LogP contribution in [-0.2, 0) is 5.88 Å². The molecule has 0 saturated carbocycles. The van der Waals surface area contributed by atoms with E-state index in [4.69, 9.17) is 16.9 Å². The fraction of sp³-hybridized carbons (Fsp3) is 0.111. The molecule has 0 bridgehead atoms. The van der Waals surface area contributed by atoms with Gasteiger partial charge in [-0.05, 0) is 12.1 Å². The Morgan fingerprint density at radius 1 is 1.54 bits per heavy atom. The van der Waals surface area contributed by atoms with Crippen LogP contribution in [0.5, 0.6) is 0 Å². The first-order valence-corrected chi connectivity index (χ1v) is 4.31. The van der Waals surface area contributed by atoms with Gasteiger partial charge in [0.1, 0.15) is 17.4 Å². The number of aromatic nitrogens is 2. The SMILES string of the molecule is N#Cc1cccc2nc(CCl)cn12. The number of nitriles is 1. The molecular formula is C9H6ClN3. The summed E-state index contributed by atoms with van der Waals surface area (Å²) in [7, 11) is 0. The maximum atomic E-state index is 8.79. The monoisotopic (exact) mass is 191 g/mol. The van der Waals surface area contributed by atoms with E-state index in [9.17, 15) is 0 Å². The molecule has 0 aromatic carbocycles. The smallest absolute Gasteiger partial charge is 0.138 e. The van der Waals surface area contributed by atoms with Gasteiger partial charge in [0, 0.05) is 6.20 Å². The Hall–Kier alpha value is -1.53. The zero-order valence-corrected chi connectivity index (χ0v) is 7.49. The summed E-state index contributed by atoms with van der Waals surface area (Å²) >= 11 is 5.64. The van der Waals surface area contributed by atoms with E-state index in [1.807, 2.05) is 6.07 Å². The van der Waals surface area contributed by atoms with Crippen molar-refractivity contribution >= 4 is 17.2 Å². The molecule has 0 spiro atoms. The van der Waals surface area contributed by atoms with Crippen LogP contribution in [-0.4, -0.2) is 9.38 Å². The molecule has 0 aliphatic carbocycles. The Labute approximate surface area is 80.2 Å². The fourth-order valence-corrected chi connectivity index (χ4v) is 1.35. The summed E-state index contributed by atoms with van der Waals surface area (Å²) in [5.41, 5.74) is 2.11. The highest BCUT2D eigenvalue weighted by Crippen LogP contribution is 2.09. The highest BCUT2D eigenvalue weighted by atomic mass is 35.5. The summed E-state index contributed by atoms with van der Waals surface area (Å²) in [4.78, 5) is 4.22. The molecule has 2 heterocycles.